The maximum absolute atomic E-state index is 8.85. The lowest BCUT2D eigenvalue weighted by atomic mass is 10.3. The minimum Gasteiger partial charge on any atom is -0.303 e. The topological polar surface area (TPSA) is 39.9 Å². The number of hydrogen-bond donors (Lipinski definition) is 0. The third-order valence-electron chi connectivity index (χ3n) is 2.52. The van der Waals surface area contributed by atoms with Gasteiger partial charge in [-0.05, 0) is 19.2 Å². The first-order chi connectivity index (χ1) is 8.22. The van der Waals surface area contributed by atoms with Gasteiger partial charge < -0.3 is 4.90 Å². The Bertz CT molecular complexity index is 399. The summed E-state index contributed by atoms with van der Waals surface area (Å²) in [4.78, 5) is 6.54. The second-order valence-electron chi connectivity index (χ2n) is 3.46. The summed E-state index contributed by atoms with van der Waals surface area (Å²) in [6.07, 6.45) is 1.63. The largest absolute Gasteiger partial charge is 0.303 e. The van der Waals surface area contributed by atoms with Crippen molar-refractivity contribution in [2.75, 3.05) is 25.4 Å². The molecule has 0 fully saturated rings. The van der Waals surface area contributed by atoms with E-state index in [4.69, 9.17) is 16.9 Å². The zero-order valence-electron chi connectivity index (χ0n) is 10.1. The van der Waals surface area contributed by atoms with E-state index in [2.05, 4.69) is 29.8 Å². The summed E-state index contributed by atoms with van der Waals surface area (Å²) in [6.45, 7) is 7.41. The van der Waals surface area contributed by atoms with E-state index in [1.807, 2.05) is 0 Å². The molecule has 0 spiro atoms. The molecule has 92 valence electrons. The molecule has 0 aliphatic carbocycles. The van der Waals surface area contributed by atoms with E-state index in [1.54, 1.807) is 24.0 Å². The van der Waals surface area contributed by atoms with Gasteiger partial charge in [0.2, 0.25) is 0 Å². The van der Waals surface area contributed by atoms with Crippen LogP contribution in [0.4, 0.5) is 0 Å². The van der Waals surface area contributed by atoms with Gasteiger partial charge in [0.1, 0.15) is 11.1 Å². The van der Waals surface area contributed by atoms with Crippen LogP contribution >= 0.6 is 23.4 Å². The molecular formula is C12H16ClN3S. The molecule has 0 amide bonds. The minimum atomic E-state index is 0.472. The van der Waals surface area contributed by atoms with Crippen LogP contribution < -0.4 is 0 Å². The SMILES string of the molecule is CCN(CC)CCSc1nccc(C#N)c1Cl. The third-order valence-corrected chi connectivity index (χ3v) is 3.98. The molecule has 1 heterocycles. The van der Waals surface area contributed by atoms with Crippen LogP contribution in [0.2, 0.25) is 5.02 Å². The molecule has 0 radical (unpaired) electrons. The Labute approximate surface area is 112 Å². The van der Waals surface area contributed by atoms with Crippen LogP contribution in [0.15, 0.2) is 17.3 Å². The summed E-state index contributed by atoms with van der Waals surface area (Å²) in [5.74, 6) is 0.934. The third kappa shape index (κ3) is 4.19. The number of pyridine rings is 1. The molecule has 0 N–H and O–H groups in total. The number of nitriles is 1. The van der Waals surface area contributed by atoms with Gasteiger partial charge in [0, 0.05) is 18.5 Å². The van der Waals surface area contributed by atoms with Crippen LogP contribution in [0.5, 0.6) is 0 Å². The lowest BCUT2D eigenvalue weighted by Gasteiger charge is -2.17. The first-order valence-electron chi connectivity index (χ1n) is 5.62. The van der Waals surface area contributed by atoms with Gasteiger partial charge in [0.15, 0.2) is 0 Å². The maximum Gasteiger partial charge on any atom is 0.116 e. The molecule has 0 saturated heterocycles. The van der Waals surface area contributed by atoms with E-state index in [0.717, 1.165) is 30.4 Å². The van der Waals surface area contributed by atoms with Crippen LogP contribution in [-0.2, 0) is 0 Å². The molecule has 1 rings (SSSR count). The normalized spacial score (nSPS) is 10.5. The Morgan fingerprint density at radius 2 is 2.18 bits per heavy atom. The summed E-state index contributed by atoms with van der Waals surface area (Å²) in [7, 11) is 0. The maximum atomic E-state index is 8.85. The summed E-state index contributed by atoms with van der Waals surface area (Å²) in [5, 5.41) is 10.1. The van der Waals surface area contributed by atoms with Crippen LogP contribution in [0, 0.1) is 11.3 Å². The highest BCUT2D eigenvalue weighted by Crippen LogP contribution is 2.27. The zero-order chi connectivity index (χ0) is 12.7. The van der Waals surface area contributed by atoms with Gasteiger partial charge in [-0.15, -0.1) is 11.8 Å². The second kappa shape index (κ2) is 7.54. The molecule has 0 unspecified atom stereocenters. The van der Waals surface area contributed by atoms with E-state index in [-0.39, 0.29) is 0 Å². The summed E-state index contributed by atoms with van der Waals surface area (Å²) in [6, 6.07) is 3.70. The van der Waals surface area contributed by atoms with E-state index in [0.29, 0.717) is 10.6 Å². The predicted octanol–water partition coefficient (Wildman–Crippen LogP) is 3.04. The van der Waals surface area contributed by atoms with Crippen LogP contribution in [0.25, 0.3) is 0 Å². The van der Waals surface area contributed by atoms with Crippen molar-refractivity contribution in [3.63, 3.8) is 0 Å². The van der Waals surface area contributed by atoms with Crippen LogP contribution in [0.1, 0.15) is 19.4 Å². The zero-order valence-corrected chi connectivity index (χ0v) is 11.7. The molecule has 0 aliphatic rings. The van der Waals surface area contributed by atoms with Gasteiger partial charge in [-0.2, -0.15) is 5.26 Å². The van der Waals surface area contributed by atoms with Gasteiger partial charge in [-0.3, -0.25) is 0 Å². The molecule has 1 aromatic rings. The van der Waals surface area contributed by atoms with Crippen molar-refractivity contribution in [2.24, 2.45) is 0 Å². The quantitative estimate of drug-likeness (QED) is 0.744. The highest BCUT2D eigenvalue weighted by Gasteiger charge is 2.08. The molecular weight excluding hydrogens is 254 g/mol. The number of hydrogen-bond acceptors (Lipinski definition) is 4. The van der Waals surface area contributed by atoms with Crippen molar-refractivity contribution < 1.29 is 0 Å². The average molecular weight is 270 g/mol. The Kier molecular flexibility index (Phi) is 6.35. The Balaban J connectivity index is 2.55. The Hall–Kier alpha value is -0.760. The van der Waals surface area contributed by atoms with Gasteiger partial charge in [0.25, 0.3) is 0 Å². The van der Waals surface area contributed by atoms with Crippen molar-refractivity contribution in [1.29, 1.82) is 5.26 Å². The first-order valence-corrected chi connectivity index (χ1v) is 6.99. The van der Waals surface area contributed by atoms with E-state index in [9.17, 15) is 0 Å². The van der Waals surface area contributed by atoms with Crippen molar-refractivity contribution in [3.05, 3.63) is 22.8 Å². The van der Waals surface area contributed by atoms with Gasteiger partial charge in [-0.1, -0.05) is 25.4 Å². The summed E-state index contributed by atoms with van der Waals surface area (Å²) >= 11 is 7.67. The second-order valence-corrected chi connectivity index (χ2v) is 4.93. The molecule has 5 heteroatoms. The highest BCUT2D eigenvalue weighted by atomic mass is 35.5. The summed E-state index contributed by atoms with van der Waals surface area (Å²) < 4.78 is 0. The molecule has 0 aliphatic heterocycles. The first kappa shape index (κ1) is 14.3. The number of thioether (sulfide) groups is 1. The minimum absolute atomic E-state index is 0.472. The summed E-state index contributed by atoms with van der Waals surface area (Å²) in [5.41, 5.74) is 0.493. The average Bonchev–Trinajstić information content (AvgIpc) is 2.36. The number of rotatable bonds is 6. The molecule has 0 atom stereocenters. The van der Waals surface area contributed by atoms with Gasteiger partial charge in [-0.25, -0.2) is 4.98 Å². The van der Waals surface area contributed by atoms with Crippen molar-refractivity contribution in [3.8, 4) is 6.07 Å². The lowest BCUT2D eigenvalue weighted by Crippen LogP contribution is -2.25. The smallest absolute Gasteiger partial charge is 0.116 e. The Morgan fingerprint density at radius 3 is 2.76 bits per heavy atom. The van der Waals surface area contributed by atoms with E-state index >= 15 is 0 Å². The fourth-order valence-electron chi connectivity index (χ4n) is 1.42. The van der Waals surface area contributed by atoms with Crippen molar-refractivity contribution in [1.82, 2.24) is 9.88 Å². The number of aromatic nitrogens is 1. The molecule has 17 heavy (non-hydrogen) atoms. The van der Waals surface area contributed by atoms with Crippen LogP contribution in [0.3, 0.4) is 0 Å². The van der Waals surface area contributed by atoms with Gasteiger partial charge >= 0.3 is 0 Å². The number of nitrogens with zero attached hydrogens (tertiary/aromatic N) is 3. The van der Waals surface area contributed by atoms with Crippen molar-refractivity contribution >= 4 is 23.4 Å². The fraction of sp³-hybridized carbons (Fsp3) is 0.500. The predicted molar refractivity (Wildman–Crippen MR) is 72.5 cm³/mol. The van der Waals surface area contributed by atoms with Crippen LogP contribution in [-0.4, -0.2) is 35.3 Å². The Morgan fingerprint density at radius 1 is 1.47 bits per heavy atom. The molecule has 0 bridgehead atoms. The van der Waals surface area contributed by atoms with Crippen molar-refractivity contribution in [2.45, 2.75) is 18.9 Å². The highest BCUT2D eigenvalue weighted by molar-refractivity contribution is 7.99. The fourth-order valence-corrected chi connectivity index (χ4v) is 2.66. The lowest BCUT2D eigenvalue weighted by molar-refractivity contribution is 0.324. The molecule has 3 nitrogen and oxygen atoms in total. The molecule has 0 saturated carbocycles. The van der Waals surface area contributed by atoms with E-state index < -0.39 is 0 Å². The molecule has 0 aromatic carbocycles. The van der Waals surface area contributed by atoms with Gasteiger partial charge in [0.05, 0.1) is 10.6 Å². The molecule has 1 aromatic heterocycles. The monoisotopic (exact) mass is 269 g/mol. The number of halogens is 1. The standard InChI is InChI=1S/C12H16ClN3S/c1-3-16(4-2)7-8-17-12-11(13)10(9-14)5-6-15-12/h5-6H,3-4,7-8H2,1-2H3. The van der Waals surface area contributed by atoms with E-state index in [1.165, 1.54) is 0 Å².